The van der Waals surface area contributed by atoms with Crippen molar-refractivity contribution in [2.24, 2.45) is 0 Å². The molecule has 0 spiro atoms. The molecule has 1 aromatic carbocycles. The highest BCUT2D eigenvalue weighted by molar-refractivity contribution is 5.81. The first kappa shape index (κ1) is 19.2. The van der Waals surface area contributed by atoms with Gasteiger partial charge < -0.3 is 15.0 Å². The number of hydrogen-bond donors (Lipinski definition) is 1. The lowest BCUT2D eigenvalue weighted by molar-refractivity contribution is 0.405. The zero-order valence-electron chi connectivity index (χ0n) is 17.1. The van der Waals surface area contributed by atoms with Crippen molar-refractivity contribution in [2.75, 3.05) is 39.6 Å². The number of ether oxygens (including phenoxy) is 1. The lowest BCUT2D eigenvalue weighted by Crippen LogP contribution is -2.18. The minimum Gasteiger partial charge on any atom is -0.497 e. The molecule has 6 nitrogen and oxygen atoms in total. The number of fused-ring (bicyclic) bond motifs is 1. The fourth-order valence-corrected chi connectivity index (χ4v) is 3.25. The normalized spacial score (nSPS) is 11.4. The quantitative estimate of drug-likeness (QED) is 0.646. The van der Waals surface area contributed by atoms with Crippen LogP contribution in [0, 0.1) is 20.8 Å². The zero-order chi connectivity index (χ0) is 19.6. The lowest BCUT2D eigenvalue weighted by Gasteiger charge is -2.15. The average molecular weight is 367 g/mol. The van der Waals surface area contributed by atoms with Crippen LogP contribution in [0.3, 0.4) is 0 Å². The van der Waals surface area contributed by atoms with Gasteiger partial charge in [0.15, 0.2) is 5.65 Å². The molecular formula is C21H29N5O. The van der Waals surface area contributed by atoms with Crippen LogP contribution in [-0.2, 0) is 0 Å². The molecule has 0 bridgehead atoms. The number of methoxy groups -OCH3 is 1. The smallest absolute Gasteiger partial charge is 0.165 e. The van der Waals surface area contributed by atoms with Crippen LogP contribution in [-0.4, -0.2) is 53.8 Å². The molecule has 0 unspecified atom stereocenters. The largest absolute Gasteiger partial charge is 0.497 e. The minimum atomic E-state index is 0.844. The maximum atomic E-state index is 5.28. The Morgan fingerprint density at radius 1 is 1.07 bits per heavy atom. The SMILES string of the molecule is COc1ccc(-c2c(C)nn3c(NCCCN(C)C)c(C)c(C)nc23)cc1. The third-order valence-corrected chi connectivity index (χ3v) is 4.87. The fraction of sp³-hybridized carbons (Fsp3) is 0.429. The van der Waals surface area contributed by atoms with Crippen LogP contribution in [0.4, 0.5) is 5.82 Å². The van der Waals surface area contributed by atoms with E-state index in [1.807, 2.05) is 23.6 Å². The van der Waals surface area contributed by atoms with E-state index in [1.165, 1.54) is 0 Å². The Bertz CT molecular complexity index is 928. The zero-order valence-corrected chi connectivity index (χ0v) is 17.1. The summed E-state index contributed by atoms with van der Waals surface area (Å²) in [5.41, 5.74) is 6.17. The van der Waals surface area contributed by atoms with Gasteiger partial charge in [-0.25, -0.2) is 4.98 Å². The van der Waals surface area contributed by atoms with Gasteiger partial charge in [0.1, 0.15) is 11.6 Å². The summed E-state index contributed by atoms with van der Waals surface area (Å²) in [7, 11) is 5.87. The molecule has 144 valence electrons. The summed E-state index contributed by atoms with van der Waals surface area (Å²) in [4.78, 5) is 7.05. The van der Waals surface area contributed by atoms with E-state index in [-0.39, 0.29) is 0 Å². The van der Waals surface area contributed by atoms with Crippen molar-refractivity contribution in [3.05, 3.63) is 41.2 Å². The summed E-state index contributed by atoms with van der Waals surface area (Å²) in [6, 6.07) is 8.06. The predicted molar refractivity (Wildman–Crippen MR) is 111 cm³/mol. The van der Waals surface area contributed by atoms with Crippen molar-refractivity contribution in [2.45, 2.75) is 27.2 Å². The van der Waals surface area contributed by atoms with Gasteiger partial charge in [0.2, 0.25) is 0 Å². The van der Waals surface area contributed by atoms with E-state index in [1.54, 1.807) is 7.11 Å². The van der Waals surface area contributed by atoms with Crippen molar-refractivity contribution in [3.63, 3.8) is 0 Å². The number of aromatic nitrogens is 3. The molecule has 0 radical (unpaired) electrons. The molecule has 2 aromatic heterocycles. The van der Waals surface area contributed by atoms with Gasteiger partial charge in [0.05, 0.1) is 12.8 Å². The Kier molecular flexibility index (Phi) is 5.65. The first-order chi connectivity index (χ1) is 12.9. The van der Waals surface area contributed by atoms with E-state index < -0.39 is 0 Å². The van der Waals surface area contributed by atoms with E-state index in [2.05, 4.69) is 50.3 Å². The van der Waals surface area contributed by atoms with Crippen LogP contribution in [0.2, 0.25) is 0 Å². The summed E-state index contributed by atoms with van der Waals surface area (Å²) in [5, 5.41) is 8.37. The van der Waals surface area contributed by atoms with Crippen molar-refractivity contribution >= 4 is 11.5 Å². The van der Waals surface area contributed by atoms with Crippen LogP contribution in [0.1, 0.15) is 23.4 Å². The van der Waals surface area contributed by atoms with Crippen molar-refractivity contribution in [1.29, 1.82) is 0 Å². The van der Waals surface area contributed by atoms with Crippen LogP contribution in [0.5, 0.6) is 5.75 Å². The molecule has 0 aliphatic heterocycles. The van der Waals surface area contributed by atoms with Gasteiger partial charge in [0.25, 0.3) is 0 Å². The van der Waals surface area contributed by atoms with Crippen molar-refractivity contribution in [1.82, 2.24) is 19.5 Å². The van der Waals surface area contributed by atoms with E-state index in [4.69, 9.17) is 14.8 Å². The van der Waals surface area contributed by atoms with Crippen LogP contribution < -0.4 is 10.1 Å². The van der Waals surface area contributed by atoms with Gasteiger partial charge in [-0.1, -0.05) is 12.1 Å². The van der Waals surface area contributed by atoms with E-state index in [0.717, 1.165) is 64.8 Å². The van der Waals surface area contributed by atoms with E-state index in [9.17, 15) is 0 Å². The van der Waals surface area contributed by atoms with Crippen LogP contribution in [0.15, 0.2) is 24.3 Å². The highest BCUT2D eigenvalue weighted by Gasteiger charge is 2.18. The number of anilines is 1. The van der Waals surface area contributed by atoms with Crippen molar-refractivity contribution in [3.8, 4) is 16.9 Å². The molecule has 0 saturated carbocycles. The number of hydrogen-bond acceptors (Lipinski definition) is 5. The van der Waals surface area contributed by atoms with Crippen LogP contribution in [0.25, 0.3) is 16.8 Å². The summed E-state index contributed by atoms with van der Waals surface area (Å²) in [6.45, 7) is 8.14. The number of rotatable bonds is 7. The first-order valence-electron chi connectivity index (χ1n) is 9.32. The topological polar surface area (TPSA) is 54.7 Å². The highest BCUT2D eigenvalue weighted by Crippen LogP contribution is 2.31. The predicted octanol–water partition coefficient (Wildman–Crippen LogP) is 3.69. The van der Waals surface area contributed by atoms with Crippen LogP contribution >= 0.6 is 0 Å². The van der Waals surface area contributed by atoms with Gasteiger partial charge in [-0.05, 0) is 65.5 Å². The maximum absolute atomic E-state index is 5.28. The first-order valence-corrected chi connectivity index (χ1v) is 9.32. The Morgan fingerprint density at radius 2 is 1.78 bits per heavy atom. The summed E-state index contributed by atoms with van der Waals surface area (Å²) < 4.78 is 7.23. The molecule has 0 aliphatic carbocycles. The second-order valence-electron chi connectivity index (χ2n) is 7.18. The van der Waals surface area contributed by atoms with Gasteiger partial charge in [-0.3, -0.25) is 0 Å². The molecule has 27 heavy (non-hydrogen) atoms. The summed E-state index contributed by atoms with van der Waals surface area (Å²) in [5.74, 6) is 1.87. The molecule has 1 N–H and O–H groups in total. The standard InChI is InChI=1S/C21H29N5O/c1-14-15(2)23-21-19(17-8-10-18(27-6)11-9-17)16(3)24-26(21)20(14)22-12-7-13-25(4)5/h8-11,22H,7,12-13H2,1-6H3. The second kappa shape index (κ2) is 7.96. The lowest BCUT2D eigenvalue weighted by atomic mass is 10.1. The number of aryl methyl sites for hydroxylation is 2. The monoisotopic (exact) mass is 367 g/mol. The van der Waals surface area contributed by atoms with E-state index in [0.29, 0.717) is 0 Å². The number of benzene rings is 1. The van der Waals surface area contributed by atoms with Crippen molar-refractivity contribution < 1.29 is 4.74 Å². The molecule has 0 fully saturated rings. The summed E-state index contributed by atoms with van der Waals surface area (Å²) >= 11 is 0. The molecule has 0 aliphatic rings. The summed E-state index contributed by atoms with van der Waals surface area (Å²) in [6.07, 6.45) is 1.07. The fourth-order valence-electron chi connectivity index (χ4n) is 3.25. The molecule has 2 heterocycles. The highest BCUT2D eigenvalue weighted by atomic mass is 16.5. The van der Waals surface area contributed by atoms with Gasteiger partial charge in [-0.2, -0.15) is 9.61 Å². The molecule has 6 heteroatoms. The molecule has 3 aromatic rings. The van der Waals surface area contributed by atoms with Gasteiger partial charge >= 0.3 is 0 Å². The number of nitrogens with one attached hydrogen (secondary N) is 1. The Balaban J connectivity index is 2.03. The molecule has 3 rings (SSSR count). The minimum absolute atomic E-state index is 0.844. The second-order valence-corrected chi connectivity index (χ2v) is 7.18. The maximum Gasteiger partial charge on any atom is 0.165 e. The molecule has 0 atom stereocenters. The van der Waals surface area contributed by atoms with E-state index >= 15 is 0 Å². The molecular weight excluding hydrogens is 338 g/mol. The van der Waals surface area contributed by atoms with Gasteiger partial charge in [0, 0.05) is 23.4 Å². The molecule has 0 saturated heterocycles. The Hall–Kier alpha value is -2.60. The third kappa shape index (κ3) is 3.90. The third-order valence-electron chi connectivity index (χ3n) is 4.87. The van der Waals surface area contributed by atoms with Gasteiger partial charge in [-0.15, -0.1) is 0 Å². The Morgan fingerprint density at radius 3 is 2.41 bits per heavy atom. The molecule has 0 amide bonds. The number of nitrogens with zero attached hydrogens (tertiary/aromatic N) is 4. The average Bonchev–Trinajstić information content (AvgIpc) is 2.96. The Labute approximate surface area is 161 Å².